The number of anilines is 2. The third-order valence-electron chi connectivity index (χ3n) is 1.79. The van der Waals surface area contributed by atoms with Gasteiger partial charge in [-0.05, 0) is 13.0 Å². The molecule has 0 unspecified atom stereocenters. The Balaban J connectivity index is 2.26. The van der Waals surface area contributed by atoms with Crippen LogP contribution in [-0.2, 0) is 9.53 Å². The summed E-state index contributed by atoms with van der Waals surface area (Å²) in [5, 5.41) is 6.06. The van der Waals surface area contributed by atoms with E-state index in [1.807, 2.05) is 6.92 Å². The van der Waals surface area contributed by atoms with Crippen LogP contribution in [0, 0.1) is 0 Å². The van der Waals surface area contributed by atoms with Crippen LogP contribution in [0.2, 0.25) is 0 Å². The number of rotatable bonds is 8. The minimum absolute atomic E-state index is 0.0614. The highest BCUT2D eigenvalue weighted by Crippen LogP contribution is 2.04. The largest absolute Gasteiger partial charge is 0.370 e. The van der Waals surface area contributed by atoms with Gasteiger partial charge in [-0.15, -0.1) is 0 Å². The number of aromatic nitrogens is 2. The van der Waals surface area contributed by atoms with E-state index in [2.05, 4.69) is 20.6 Å². The maximum absolute atomic E-state index is 10.4. The van der Waals surface area contributed by atoms with Crippen molar-refractivity contribution in [1.82, 2.24) is 9.97 Å². The summed E-state index contributed by atoms with van der Waals surface area (Å²) in [5.74, 6) is 0.815. The van der Waals surface area contributed by atoms with Gasteiger partial charge in [-0.3, -0.25) is 4.79 Å². The molecule has 1 aromatic heterocycles. The van der Waals surface area contributed by atoms with Gasteiger partial charge < -0.3 is 21.1 Å². The Morgan fingerprint density at radius 2 is 2.35 bits per heavy atom. The molecule has 7 heteroatoms. The molecule has 0 bridgehead atoms. The Morgan fingerprint density at radius 3 is 3.06 bits per heavy atom. The fraction of sp³-hybridized carbons (Fsp3) is 0.500. The van der Waals surface area contributed by atoms with E-state index in [0.717, 1.165) is 6.54 Å². The van der Waals surface area contributed by atoms with Crippen molar-refractivity contribution in [2.75, 3.05) is 36.9 Å². The predicted octanol–water partition coefficient (Wildman–Crippen LogP) is -0.178. The Kier molecular flexibility index (Phi) is 5.73. The lowest BCUT2D eigenvalue weighted by Gasteiger charge is -2.07. The molecule has 0 aliphatic heterocycles. The Hall–Kier alpha value is -1.89. The third-order valence-corrected chi connectivity index (χ3v) is 1.79. The van der Waals surface area contributed by atoms with E-state index in [-0.39, 0.29) is 6.61 Å². The molecule has 1 aromatic rings. The Bertz CT molecular complexity index is 358. The lowest BCUT2D eigenvalue weighted by Crippen LogP contribution is -2.20. The highest BCUT2D eigenvalue weighted by atomic mass is 16.5. The molecular formula is C10H17N5O2. The van der Waals surface area contributed by atoms with Gasteiger partial charge in [0.25, 0.3) is 0 Å². The molecule has 0 atom stereocenters. The first-order chi connectivity index (χ1) is 8.22. The van der Waals surface area contributed by atoms with Crippen LogP contribution in [0.1, 0.15) is 6.92 Å². The van der Waals surface area contributed by atoms with Crippen LogP contribution in [0.5, 0.6) is 0 Å². The maximum Gasteiger partial charge on any atom is 0.243 e. The average Bonchev–Trinajstić information content (AvgIpc) is 2.29. The number of nitrogens with one attached hydrogen (secondary N) is 2. The van der Waals surface area contributed by atoms with Gasteiger partial charge in [0, 0.05) is 19.3 Å². The lowest BCUT2D eigenvalue weighted by molar-refractivity contribution is -0.122. The smallest absolute Gasteiger partial charge is 0.243 e. The molecule has 0 radical (unpaired) electrons. The first-order valence-corrected chi connectivity index (χ1v) is 5.39. The molecule has 0 saturated carbocycles. The van der Waals surface area contributed by atoms with Crippen molar-refractivity contribution in [2.45, 2.75) is 6.92 Å². The SMILES string of the molecule is CCNc1nccc(NCCOCC(N)=O)n1. The van der Waals surface area contributed by atoms with E-state index in [0.29, 0.717) is 24.9 Å². The molecule has 0 aliphatic carbocycles. The first-order valence-electron chi connectivity index (χ1n) is 5.39. The van der Waals surface area contributed by atoms with Crippen molar-refractivity contribution in [1.29, 1.82) is 0 Å². The second-order valence-electron chi connectivity index (χ2n) is 3.24. The lowest BCUT2D eigenvalue weighted by atomic mass is 10.5. The van der Waals surface area contributed by atoms with Crippen LogP contribution in [0.25, 0.3) is 0 Å². The minimum Gasteiger partial charge on any atom is -0.370 e. The maximum atomic E-state index is 10.4. The Morgan fingerprint density at radius 1 is 1.53 bits per heavy atom. The fourth-order valence-corrected chi connectivity index (χ4v) is 1.12. The van der Waals surface area contributed by atoms with E-state index in [9.17, 15) is 4.79 Å². The van der Waals surface area contributed by atoms with Crippen molar-refractivity contribution < 1.29 is 9.53 Å². The zero-order valence-corrected chi connectivity index (χ0v) is 9.77. The molecule has 1 amide bonds. The summed E-state index contributed by atoms with van der Waals surface area (Å²) in [6.07, 6.45) is 1.66. The number of ether oxygens (including phenoxy) is 1. The van der Waals surface area contributed by atoms with Gasteiger partial charge in [-0.2, -0.15) is 4.98 Å². The summed E-state index contributed by atoms with van der Waals surface area (Å²) in [6.45, 7) is 3.62. The predicted molar refractivity (Wildman–Crippen MR) is 64.7 cm³/mol. The van der Waals surface area contributed by atoms with E-state index in [4.69, 9.17) is 10.5 Å². The molecule has 94 valence electrons. The topological polar surface area (TPSA) is 102 Å². The van der Waals surface area contributed by atoms with Crippen molar-refractivity contribution in [3.05, 3.63) is 12.3 Å². The molecule has 0 saturated heterocycles. The van der Waals surface area contributed by atoms with E-state index < -0.39 is 5.91 Å². The summed E-state index contributed by atoms with van der Waals surface area (Å²) in [5.41, 5.74) is 4.93. The van der Waals surface area contributed by atoms with E-state index in [1.165, 1.54) is 0 Å². The van der Waals surface area contributed by atoms with Gasteiger partial charge in [-0.1, -0.05) is 0 Å². The summed E-state index contributed by atoms with van der Waals surface area (Å²) < 4.78 is 5.00. The average molecular weight is 239 g/mol. The second kappa shape index (κ2) is 7.39. The molecule has 0 fully saturated rings. The van der Waals surface area contributed by atoms with Gasteiger partial charge in [-0.25, -0.2) is 4.98 Å². The van der Waals surface area contributed by atoms with Gasteiger partial charge in [0.05, 0.1) is 6.61 Å². The quantitative estimate of drug-likeness (QED) is 0.544. The van der Waals surface area contributed by atoms with Crippen LogP contribution in [0.3, 0.4) is 0 Å². The molecule has 0 aromatic carbocycles. The fourth-order valence-electron chi connectivity index (χ4n) is 1.12. The molecule has 17 heavy (non-hydrogen) atoms. The number of carbonyl (C=O) groups is 1. The van der Waals surface area contributed by atoms with Crippen molar-refractivity contribution in [3.8, 4) is 0 Å². The molecular weight excluding hydrogens is 222 g/mol. The van der Waals surface area contributed by atoms with Crippen LogP contribution in [0.15, 0.2) is 12.3 Å². The number of carbonyl (C=O) groups excluding carboxylic acids is 1. The van der Waals surface area contributed by atoms with Crippen molar-refractivity contribution in [2.24, 2.45) is 5.73 Å². The molecule has 4 N–H and O–H groups in total. The summed E-state index contributed by atoms with van der Waals surface area (Å²) in [4.78, 5) is 18.7. The number of nitrogens with zero attached hydrogens (tertiary/aromatic N) is 2. The number of hydrogen-bond acceptors (Lipinski definition) is 6. The number of amides is 1. The summed E-state index contributed by atoms with van der Waals surface area (Å²) >= 11 is 0. The molecule has 0 aliphatic rings. The minimum atomic E-state index is -0.471. The zero-order chi connectivity index (χ0) is 12.5. The van der Waals surface area contributed by atoms with Crippen molar-refractivity contribution >= 4 is 17.7 Å². The van der Waals surface area contributed by atoms with Crippen LogP contribution in [-0.4, -0.2) is 42.2 Å². The van der Waals surface area contributed by atoms with Crippen molar-refractivity contribution in [3.63, 3.8) is 0 Å². The molecule has 0 spiro atoms. The highest BCUT2D eigenvalue weighted by Gasteiger charge is 1.98. The zero-order valence-electron chi connectivity index (χ0n) is 9.77. The molecule has 1 rings (SSSR count). The monoisotopic (exact) mass is 239 g/mol. The van der Waals surface area contributed by atoms with E-state index >= 15 is 0 Å². The van der Waals surface area contributed by atoms with Gasteiger partial charge in [0.15, 0.2) is 0 Å². The number of primary amides is 1. The normalized spacial score (nSPS) is 9.94. The summed E-state index contributed by atoms with van der Waals surface area (Å²) in [6, 6.07) is 1.76. The van der Waals surface area contributed by atoms with Crippen LogP contribution >= 0.6 is 0 Å². The van der Waals surface area contributed by atoms with Crippen LogP contribution in [0.4, 0.5) is 11.8 Å². The number of hydrogen-bond donors (Lipinski definition) is 3. The third kappa shape index (κ3) is 5.67. The standard InChI is InChI=1S/C10H17N5O2/c1-2-12-10-14-4-3-9(15-10)13-5-6-17-7-8(11)16/h3-4H,2,5-7H2,1H3,(H2,11,16)(H2,12,13,14,15). The van der Waals surface area contributed by atoms with Gasteiger partial charge in [0.1, 0.15) is 12.4 Å². The molecule has 1 heterocycles. The summed E-state index contributed by atoms with van der Waals surface area (Å²) in [7, 11) is 0. The van der Waals surface area contributed by atoms with Gasteiger partial charge >= 0.3 is 0 Å². The second-order valence-corrected chi connectivity index (χ2v) is 3.24. The molecule has 7 nitrogen and oxygen atoms in total. The number of nitrogens with two attached hydrogens (primary N) is 1. The van der Waals surface area contributed by atoms with E-state index in [1.54, 1.807) is 12.3 Å². The van der Waals surface area contributed by atoms with Crippen LogP contribution < -0.4 is 16.4 Å². The highest BCUT2D eigenvalue weighted by molar-refractivity contribution is 5.74. The van der Waals surface area contributed by atoms with Gasteiger partial charge in [0.2, 0.25) is 11.9 Å². The first kappa shape index (κ1) is 13.2. The Labute approximate surface area is 99.8 Å².